The molecule has 9 nitrogen and oxygen atoms in total. The molecule has 4 aromatic rings. The summed E-state index contributed by atoms with van der Waals surface area (Å²) in [7, 11) is -3.66. The van der Waals surface area contributed by atoms with E-state index in [4.69, 9.17) is 0 Å². The summed E-state index contributed by atoms with van der Waals surface area (Å²) >= 11 is 0. The van der Waals surface area contributed by atoms with E-state index >= 15 is 0 Å². The number of amides is 3. The molecule has 0 aliphatic carbocycles. The first kappa shape index (κ1) is 30.2. The van der Waals surface area contributed by atoms with E-state index in [1.165, 1.54) is 28.6 Å². The van der Waals surface area contributed by atoms with Crippen LogP contribution in [0.4, 0.5) is 10.1 Å². The van der Waals surface area contributed by atoms with Crippen molar-refractivity contribution >= 4 is 44.2 Å². The number of sulfonamides is 1. The van der Waals surface area contributed by atoms with Crippen LogP contribution in [0.15, 0.2) is 83.8 Å². The molecule has 4 aromatic carbocycles. The second-order valence-corrected chi connectivity index (χ2v) is 14.1. The molecule has 2 fully saturated rings. The molecule has 0 radical (unpaired) electrons. The van der Waals surface area contributed by atoms with Crippen LogP contribution in [-0.2, 0) is 43.8 Å². The Hall–Kier alpha value is -4.45. The molecule has 46 heavy (non-hydrogen) atoms. The molecule has 0 aromatic heterocycles. The Morgan fingerprint density at radius 2 is 1.52 bits per heavy atom. The second kappa shape index (κ2) is 12.1. The van der Waals surface area contributed by atoms with E-state index in [1.54, 1.807) is 4.90 Å². The average molecular weight is 641 g/mol. The maximum atomic E-state index is 13.3. The second-order valence-electron chi connectivity index (χ2n) is 12.1. The van der Waals surface area contributed by atoms with Gasteiger partial charge in [0, 0.05) is 44.5 Å². The van der Waals surface area contributed by atoms with Crippen molar-refractivity contribution < 1.29 is 27.2 Å². The van der Waals surface area contributed by atoms with Crippen LogP contribution < -0.4 is 10.2 Å². The number of carbonyl (C=O) groups is 3. The molecule has 0 bridgehead atoms. The van der Waals surface area contributed by atoms with Crippen molar-refractivity contribution in [2.75, 3.05) is 31.1 Å². The number of halogens is 1. The highest BCUT2D eigenvalue weighted by Gasteiger charge is 2.40. The van der Waals surface area contributed by atoms with E-state index in [9.17, 15) is 27.2 Å². The summed E-state index contributed by atoms with van der Waals surface area (Å²) in [5, 5.41) is 4.32. The van der Waals surface area contributed by atoms with Gasteiger partial charge in [0.15, 0.2) is 0 Å². The lowest BCUT2D eigenvalue weighted by Crippen LogP contribution is -2.53. The lowest BCUT2D eigenvalue weighted by molar-refractivity contribution is -0.135. The van der Waals surface area contributed by atoms with Gasteiger partial charge in [0.1, 0.15) is 11.9 Å². The summed E-state index contributed by atoms with van der Waals surface area (Å²) in [6.07, 6.45) is 1.43. The number of nitrogens with one attached hydrogen (secondary N) is 1. The van der Waals surface area contributed by atoms with E-state index in [0.717, 1.165) is 38.7 Å². The minimum atomic E-state index is -3.66. The van der Waals surface area contributed by atoms with Gasteiger partial charge in [0.2, 0.25) is 27.7 Å². The number of benzene rings is 4. The molecule has 1 N–H and O–H groups in total. The molecule has 2 saturated heterocycles. The first-order chi connectivity index (χ1) is 22.2. The number of carbonyl (C=O) groups excluding carboxylic acids is 3. The lowest BCUT2D eigenvalue weighted by atomic mass is 9.95. The number of nitrogens with zero attached hydrogens (tertiary/aromatic N) is 3. The van der Waals surface area contributed by atoms with Crippen molar-refractivity contribution in [2.24, 2.45) is 0 Å². The van der Waals surface area contributed by atoms with E-state index < -0.39 is 27.8 Å². The SMILES string of the molecule is O=C1CCC(N2C(=O)Cc3ccc4c(Cc5ccc(CN6CCN(S(=O)(=O)c7ccc(F)cc7)CC6)cc5)cccc4c32)C(=O)N1. The van der Waals surface area contributed by atoms with Crippen LogP contribution in [0.2, 0.25) is 0 Å². The highest BCUT2D eigenvalue weighted by molar-refractivity contribution is 7.89. The zero-order valence-corrected chi connectivity index (χ0v) is 25.9. The molecular formula is C35H33FN4O5S. The van der Waals surface area contributed by atoms with Crippen LogP contribution in [0.25, 0.3) is 10.8 Å². The molecular weight excluding hydrogens is 607 g/mol. The summed E-state index contributed by atoms with van der Waals surface area (Å²) in [6, 6.07) is 22.7. The predicted octanol–water partition coefficient (Wildman–Crippen LogP) is 3.77. The fraction of sp³-hybridized carbons (Fsp3) is 0.286. The number of imide groups is 1. The van der Waals surface area contributed by atoms with Gasteiger partial charge in [0.25, 0.3) is 0 Å². The van der Waals surface area contributed by atoms with Crippen LogP contribution in [0.5, 0.6) is 0 Å². The molecule has 7 rings (SSSR count). The Morgan fingerprint density at radius 1 is 0.804 bits per heavy atom. The number of rotatable bonds is 7. The normalized spacial score (nSPS) is 19.5. The Balaban J connectivity index is 1.03. The third-order valence-electron chi connectivity index (χ3n) is 9.19. The van der Waals surface area contributed by atoms with Gasteiger partial charge < -0.3 is 0 Å². The minimum Gasteiger partial charge on any atom is -0.299 e. The van der Waals surface area contributed by atoms with Gasteiger partial charge in [-0.3, -0.25) is 29.5 Å². The van der Waals surface area contributed by atoms with Crippen molar-refractivity contribution in [1.29, 1.82) is 0 Å². The number of piperazine rings is 1. The smallest absolute Gasteiger partial charge is 0.249 e. The number of fused-ring (bicyclic) bond motifs is 3. The Bertz CT molecular complexity index is 1960. The monoisotopic (exact) mass is 640 g/mol. The summed E-state index contributed by atoms with van der Waals surface area (Å²) < 4.78 is 40.6. The molecule has 3 aliphatic heterocycles. The first-order valence-corrected chi connectivity index (χ1v) is 16.9. The number of hydrogen-bond acceptors (Lipinski definition) is 6. The van der Waals surface area contributed by atoms with Crippen LogP contribution in [0.3, 0.4) is 0 Å². The molecule has 11 heteroatoms. The van der Waals surface area contributed by atoms with Crippen LogP contribution in [0, 0.1) is 5.82 Å². The van der Waals surface area contributed by atoms with E-state index in [-0.39, 0.29) is 29.6 Å². The maximum absolute atomic E-state index is 13.3. The van der Waals surface area contributed by atoms with Gasteiger partial charge in [-0.05, 0) is 64.7 Å². The lowest BCUT2D eigenvalue weighted by Gasteiger charge is -2.34. The van der Waals surface area contributed by atoms with Crippen molar-refractivity contribution in [3.05, 3.63) is 107 Å². The molecule has 0 saturated carbocycles. The molecule has 3 aliphatic rings. The van der Waals surface area contributed by atoms with Crippen LogP contribution in [0.1, 0.15) is 35.1 Å². The zero-order valence-electron chi connectivity index (χ0n) is 25.1. The van der Waals surface area contributed by atoms with Crippen molar-refractivity contribution in [3.8, 4) is 0 Å². The predicted molar refractivity (Wildman–Crippen MR) is 171 cm³/mol. The molecule has 3 heterocycles. The van der Waals surface area contributed by atoms with Crippen molar-refractivity contribution in [2.45, 2.75) is 43.2 Å². The van der Waals surface area contributed by atoms with E-state index in [2.05, 4.69) is 46.6 Å². The van der Waals surface area contributed by atoms with Crippen LogP contribution >= 0.6 is 0 Å². The third-order valence-corrected chi connectivity index (χ3v) is 11.1. The average Bonchev–Trinajstić information content (AvgIpc) is 3.38. The Kier molecular flexibility index (Phi) is 7.92. The molecule has 3 amide bonds. The Labute approximate surface area is 266 Å². The van der Waals surface area contributed by atoms with Crippen molar-refractivity contribution in [3.63, 3.8) is 0 Å². The zero-order chi connectivity index (χ0) is 32.0. The first-order valence-electron chi connectivity index (χ1n) is 15.4. The van der Waals surface area contributed by atoms with Crippen molar-refractivity contribution in [1.82, 2.24) is 14.5 Å². The minimum absolute atomic E-state index is 0.105. The van der Waals surface area contributed by atoms with E-state index in [1.807, 2.05) is 18.2 Å². The van der Waals surface area contributed by atoms with Gasteiger partial charge in [-0.15, -0.1) is 0 Å². The number of hydrogen-bond donors (Lipinski definition) is 1. The fourth-order valence-corrected chi connectivity index (χ4v) is 8.21. The topological polar surface area (TPSA) is 107 Å². The molecule has 0 spiro atoms. The highest BCUT2D eigenvalue weighted by atomic mass is 32.2. The summed E-state index contributed by atoms with van der Waals surface area (Å²) in [5.74, 6) is -1.33. The molecule has 1 atom stereocenters. The van der Waals surface area contributed by atoms with Gasteiger partial charge in [-0.25, -0.2) is 12.8 Å². The third kappa shape index (κ3) is 5.70. The summed E-state index contributed by atoms with van der Waals surface area (Å²) in [5.41, 5.74) is 5.02. The number of piperidine rings is 1. The van der Waals surface area contributed by atoms with E-state index in [0.29, 0.717) is 45.6 Å². The largest absolute Gasteiger partial charge is 0.299 e. The maximum Gasteiger partial charge on any atom is 0.249 e. The van der Waals surface area contributed by atoms with Gasteiger partial charge in [-0.2, -0.15) is 4.31 Å². The molecule has 236 valence electrons. The van der Waals surface area contributed by atoms with Gasteiger partial charge >= 0.3 is 0 Å². The standard InChI is InChI=1S/C35H33FN4O5S/c36-27-9-11-28(12-10-27)46(44,45)39-18-16-38(17-19-39)22-24-6-4-23(5-7-24)20-25-2-1-3-30-29(25)13-8-26-21-33(42)40(34(26)30)31-14-15-32(41)37-35(31)43/h1-13,31H,14-22H2,(H,37,41,43). The van der Waals surface area contributed by atoms with Gasteiger partial charge in [0.05, 0.1) is 17.0 Å². The van der Waals surface area contributed by atoms with Gasteiger partial charge in [-0.1, -0.05) is 54.6 Å². The summed E-state index contributed by atoms with van der Waals surface area (Å²) in [6.45, 7) is 2.64. The highest BCUT2D eigenvalue weighted by Crippen LogP contribution is 2.40. The van der Waals surface area contributed by atoms with Crippen LogP contribution in [-0.4, -0.2) is 67.6 Å². The number of anilines is 1. The summed E-state index contributed by atoms with van der Waals surface area (Å²) in [4.78, 5) is 41.5. The Morgan fingerprint density at radius 3 is 2.24 bits per heavy atom. The quantitative estimate of drug-likeness (QED) is 0.309. The molecule has 1 unspecified atom stereocenters. The fourth-order valence-electron chi connectivity index (χ4n) is 6.79.